The number of hydrogen-bond acceptors (Lipinski definition) is 6. The highest BCUT2D eigenvalue weighted by atomic mass is 79.9. The second-order valence-corrected chi connectivity index (χ2v) is 10.2. The Kier molecular flexibility index (Phi) is 6.52. The average Bonchev–Trinajstić information content (AvgIpc) is 3.49. The van der Waals surface area contributed by atoms with Crippen LogP contribution in [0.15, 0.2) is 86.5 Å². The van der Waals surface area contributed by atoms with E-state index in [2.05, 4.69) is 26.0 Å². The maximum atomic E-state index is 13.3. The summed E-state index contributed by atoms with van der Waals surface area (Å²) in [4.78, 5) is 19.1. The molecule has 35 heavy (non-hydrogen) atoms. The molecule has 2 aromatic carbocycles. The van der Waals surface area contributed by atoms with Crippen molar-refractivity contribution in [2.75, 3.05) is 6.61 Å². The number of halogens is 1. The summed E-state index contributed by atoms with van der Waals surface area (Å²) in [5.41, 5.74) is 0.665. The first-order valence-electron chi connectivity index (χ1n) is 10.9. The number of fused-ring (bicyclic) bond motifs is 1. The molecule has 5 rings (SSSR count). The smallest absolute Gasteiger partial charge is 0.265 e. The maximum Gasteiger partial charge on any atom is 0.265 e. The molecule has 0 fully saturated rings. The molecule has 9 heteroatoms. The van der Waals surface area contributed by atoms with Crippen LogP contribution in [-0.4, -0.2) is 32.3 Å². The van der Waals surface area contributed by atoms with Gasteiger partial charge >= 0.3 is 0 Å². The second-order valence-electron chi connectivity index (χ2n) is 7.66. The summed E-state index contributed by atoms with van der Waals surface area (Å²) in [6.45, 7) is 3.03. The number of aromatic nitrogens is 3. The minimum absolute atomic E-state index is 0.185. The Balaban J connectivity index is 1.59. The fourth-order valence-electron chi connectivity index (χ4n) is 3.86. The van der Waals surface area contributed by atoms with Gasteiger partial charge in [0, 0.05) is 27.9 Å². The summed E-state index contributed by atoms with van der Waals surface area (Å²) in [6, 6.07) is 20.1. The van der Waals surface area contributed by atoms with Crippen molar-refractivity contribution in [1.29, 1.82) is 0 Å². The predicted octanol–water partition coefficient (Wildman–Crippen LogP) is 5.91. The third-order valence-electron chi connectivity index (χ3n) is 5.46. The van der Waals surface area contributed by atoms with Gasteiger partial charge in [0.1, 0.15) is 5.75 Å². The molecule has 1 N–H and O–H groups in total. The lowest BCUT2D eigenvalue weighted by Crippen LogP contribution is -2.20. The number of aliphatic imine (C=N–C) groups is 1. The second kappa shape index (κ2) is 9.89. The van der Waals surface area contributed by atoms with E-state index in [0.29, 0.717) is 46.7 Å². The Hall–Kier alpha value is -3.69. The summed E-state index contributed by atoms with van der Waals surface area (Å²) < 4.78 is 9.64. The zero-order chi connectivity index (χ0) is 24.4. The van der Waals surface area contributed by atoms with E-state index in [1.165, 1.54) is 4.57 Å². The molecule has 0 saturated carbocycles. The molecule has 0 aliphatic rings. The van der Waals surface area contributed by atoms with E-state index < -0.39 is 0 Å². The van der Waals surface area contributed by atoms with E-state index in [9.17, 15) is 9.90 Å². The molecule has 176 valence electrons. The van der Waals surface area contributed by atoms with E-state index in [0.717, 1.165) is 8.66 Å². The highest BCUT2D eigenvalue weighted by molar-refractivity contribution is 9.11. The van der Waals surface area contributed by atoms with Gasteiger partial charge in [-0.25, -0.2) is 14.2 Å². The standard InChI is InChI=1S/C26H21BrN4O3S/c1-2-34-18-9-7-17(8-10-18)31-25(32)21-6-4-3-5-20(21)22(26(31)33)15-28-24-13-14-29-30(24)16-19-11-12-23(27)35-19/h3-15,33H,2,16H2,1H3. The van der Waals surface area contributed by atoms with Crippen LogP contribution in [0, 0.1) is 0 Å². The van der Waals surface area contributed by atoms with Crippen molar-refractivity contribution in [3.05, 3.63) is 97.5 Å². The van der Waals surface area contributed by atoms with Crippen molar-refractivity contribution in [2.45, 2.75) is 13.5 Å². The lowest BCUT2D eigenvalue weighted by atomic mass is 10.1. The van der Waals surface area contributed by atoms with E-state index in [4.69, 9.17) is 4.74 Å². The molecule has 3 heterocycles. The van der Waals surface area contributed by atoms with Gasteiger partial charge in [-0.1, -0.05) is 18.2 Å². The molecule has 0 unspecified atom stereocenters. The van der Waals surface area contributed by atoms with Gasteiger partial charge in [0.05, 0.1) is 34.4 Å². The van der Waals surface area contributed by atoms with Crippen LogP contribution < -0.4 is 10.3 Å². The van der Waals surface area contributed by atoms with E-state index in [-0.39, 0.29) is 11.4 Å². The monoisotopic (exact) mass is 548 g/mol. The molecule has 0 bridgehead atoms. The van der Waals surface area contributed by atoms with Crippen LogP contribution in [0.2, 0.25) is 0 Å². The summed E-state index contributed by atoms with van der Waals surface area (Å²) in [6.07, 6.45) is 3.27. The average molecular weight is 549 g/mol. The fourth-order valence-corrected chi connectivity index (χ4v) is 5.32. The highest BCUT2D eigenvalue weighted by Crippen LogP contribution is 2.28. The maximum absolute atomic E-state index is 13.3. The van der Waals surface area contributed by atoms with Crippen LogP contribution in [0.1, 0.15) is 17.4 Å². The van der Waals surface area contributed by atoms with Crippen LogP contribution in [0.25, 0.3) is 16.5 Å². The van der Waals surface area contributed by atoms with Crippen LogP contribution in [0.5, 0.6) is 11.6 Å². The molecular formula is C26H21BrN4O3S. The third kappa shape index (κ3) is 4.65. The van der Waals surface area contributed by atoms with Gasteiger partial charge in [-0.15, -0.1) is 11.3 Å². The zero-order valence-electron chi connectivity index (χ0n) is 18.8. The predicted molar refractivity (Wildman–Crippen MR) is 143 cm³/mol. The first-order chi connectivity index (χ1) is 17.0. The normalized spacial score (nSPS) is 11.5. The molecule has 3 aromatic heterocycles. The lowest BCUT2D eigenvalue weighted by Gasteiger charge is -2.14. The van der Waals surface area contributed by atoms with Gasteiger partial charge in [0.25, 0.3) is 5.56 Å². The van der Waals surface area contributed by atoms with Gasteiger partial charge < -0.3 is 9.84 Å². The van der Waals surface area contributed by atoms with Crippen LogP contribution in [-0.2, 0) is 6.54 Å². The zero-order valence-corrected chi connectivity index (χ0v) is 21.2. The van der Waals surface area contributed by atoms with Crippen LogP contribution in [0.3, 0.4) is 0 Å². The van der Waals surface area contributed by atoms with Crippen molar-refractivity contribution >= 4 is 50.1 Å². The summed E-state index contributed by atoms with van der Waals surface area (Å²) in [5, 5.41) is 16.7. The van der Waals surface area contributed by atoms with E-state index in [1.54, 1.807) is 77.0 Å². The van der Waals surface area contributed by atoms with Crippen molar-refractivity contribution in [1.82, 2.24) is 14.3 Å². The third-order valence-corrected chi connectivity index (χ3v) is 7.07. The Labute approximate surface area is 213 Å². The van der Waals surface area contributed by atoms with E-state index >= 15 is 0 Å². The number of rotatable bonds is 7. The van der Waals surface area contributed by atoms with Gasteiger partial charge in [0.2, 0.25) is 5.88 Å². The topological polar surface area (TPSA) is 81.6 Å². The SMILES string of the molecule is CCOc1ccc(-n2c(O)c(C=Nc3ccnn3Cc3ccc(Br)s3)c3ccccc3c2=O)cc1. The molecule has 0 saturated heterocycles. The van der Waals surface area contributed by atoms with Crippen molar-refractivity contribution < 1.29 is 9.84 Å². The molecule has 0 amide bonds. The Bertz CT molecular complexity index is 1580. The quantitative estimate of drug-likeness (QED) is 0.256. The summed E-state index contributed by atoms with van der Waals surface area (Å²) in [7, 11) is 0. The number of nitrogens with zero attached hydrogens (tertiary/aromatic N) is 4. The van der Waals surface area contributed by atoms with E-state index in [1.807, 2.05) is 25.1 Å². The largest absolute Gasteiger partial charge is 0.494 e. The summed E-state index contributed by atoms with van der Waals surface area (Å²) in [5.74, 6) is 1.14. The van der Waals surface area contributed by atoms with Gasteiger partial charge in [-0.3, -0.25) is 4.79 Å². The Morgan fingerprint density at radius 2 is 1.86 bits per heavy atom. The minimum Gasteiger partial charge on any atom is -0.494 e. The minimum atomic E-state index is -0.312. The molecule has 0 radical (unpaired) electrons. The van der Waals surface area contributed by atoms with Crippen molar-refractivity contribution in [3.8, 4) is 17.3 Å². The molecule has 0 aliphatic heterocycles. The van der Waals surface area contributed by atoms with Crippen molar-refractivity contribution in [2.24, 2.45) is 4.99 Å². The first kappa shape index (κ1) is 23.1. The molecule has 7 nitrogen and oxygen atoms in total. The number of pyridine rings is 1. The number of thiophene rings is 1. The van der Waals surface area contributed by atoms with Gasteiger partial charge in [-0.05, 0) is 65.3 Å². The van der Waals surface area contributed by atoms with Gasteiger partial charge in [0.15, 0.2) is 5.82 Å². The molecule has 0 atom stereocenters. The fraction of sp³-hybridized carbons (Fsp3) is 0.115. The molecular weight excluding hydrogens is 528 g/mol. The summed E-state index contributed by atoms with van der Waals surface area (Å²) >= 11 is 5.12. The first-order valence-corrected chi connectivity index (χ1v) is 12.6. The molecule has 0 aliphatic carbocycles. The van der Waals surface area contributed by atoms with Gasteiger partial charge in [-0.2, -0.15) is 5.10 Å². The highest BCUT2D eigenvalue weighted by Gasteiger charge is 2.16. The lowest BCUT2D eigenvalue weighted by molar-refractivity contribution is 0.340. The van der Waals surface area contributed by atoms with Crippen molar-refractivity contribution in [3.63, 3.8) is 0 Å². The molecule has 5 aromatic rings. The number of ether oxygens (including phenoxy) is 1. The number of hydrogen-bond donors (Lipinski definition) is 1. The Morgan fingerprint density at radius 3 is 2.57 bits per heavy atom. The van der Waals surface area contributed by atoms with Crippen LogP contribution >= 0.6 is 27.3 Å². The molecule has 0 spiro atoms. The van der Waals surface area contributed by atoms with Crippen LogP contribution in [0.4, 0.5) is 5.82 Å². The Morgan fingerprint density at radius 1 is 1.09 bits per heavy atom. The number of benzene rings is 2. The number of aromatic hydroxyl groups is 1.